The summed E-state index contributed by atoms with van der Waals surface area (Å²) in [6, 6.07) is 8.22. The van der Waals surface area contributed by atoms with Crippen LogP contribution in [0.15, 0.2) is 28.7 Å². The number of para-hydroxylation sites is 1. The second-order valence-corrected chi connectivity index (χ2v) is 5.60. The molecule has 1 aliphatic carbocycles. The summed E-state index contributed by atoms with van der Waals surface area (Å²) in [7, 11) is 1.97. The van der Waals surface area contributed by atoms with Gasteiger partial charge in [-0.2, -0.15) is 0 Å². The maximum absolute atomic E-state index is 6.06. The molecule has 0 bridgehead atoms. The van der Waals surface area contributed by atoms with Gasteiger partial charge in [0.15, 0.2) is 0 Å². The van der Waals surface area contributed by atoms with Crippen molar-refractivity contribution in [3.05, 3.63) is 35.6 Å². The van der Waals surface area contributed by atoms with Crippen LogP contribution in [-0.2, 0) is 17.9 Å². The Balaban J connectivity index is 1.77. The molecule has 1 fully saturated rings. The number of hydrogen-bond donors (Lipinski definition) is 1. The van der Waals surface area contributed by atoms with Crippen LogP contribution in [0.4, 0.5) is 0 Å². The summed E-state index contributed by atoms with van der Waals surface area (Å²) in [5.74, 6) is 0.978. The van der Waals surface area contributed by atoms with Crippen LogP contribution in [0.5, 0.6) is 0 Å². The minimum Gasteiger partial charge on any atom is -0.458 e. The fourth-order valence-electron chi connectivity index (χ4n) is 3.06. The van der Waals surface area contributed by atoms with Crippen LogP contribution in [0.2, 0.25) is 0 Å². The molecule has 1 aromatic carbocycles. The topological polar surface area (TPSA) is 34.4 Å². The van der Waals surface area contributed by atoms with Crippen LogP contribution in [0.3, 0.4) is 0 Å². The maximum atomic E-state index is 6.06. The van der Waals surface area contributed by atoms with Crippen molar-refractivity contribution < 1.29 is 9.15 Å². The van der Waals surface area contributed by atoms with Crippen LogP contribution in [-0.4, -0.2) is 13.2 Å². The van der Waals surface area contributed by atoms with E-state index in [1.54, 1.807) is 0 Å². The smallest absolute Gasteiger partial charge is 0.135 e. The lowest BCUT2D eigenvalue weighted by Gasteiger charge is -2.21. The van der Waals surface area contributed by atoms with Crippen LogP contribution >= 0.6 is 0 Å². The van der Waals surface area contributed by atoms with E-state index in [0.717, 1.165) is 17.9 Å². The lowest BCUT2D eigenvalue weighted by Crippen LogP contribution is -2.17. The van der Waals surface area contributed by atoms with Gasteiger partial charge in [-0.15, -0.1) is 0 Å². The van der Waals surface area contributed by atoms with Crippen molar-refractivity contribution in [3.8, 4) is 0 Å². The number of nitrogens with one attached hydrogen (secondary N) is 1. The standard InChI is InChI=1S/C17H23NO2/c1-18-11-15-14-9-5-6-10-16(14)20-17(15)12-19-13-7-3-2-4-8-13/h5-6,9-10,13,18H,2-4,7-8,11-12H2,1H3. The molecule has 108 valence electrons. The van der Waals surface area contributed by atoms with Gasteiger partial charge in [-0.25, -0.2) is 0 Å². The van der Waals surface area contributed by atoms with E-state index in [9.17, 15) is 0 Å². The highest BCUT2D eigenvalue weighted by molar-refractivity contribution is 5.82. The van der Waals surface area contributed by atoms with Gasteiger partial charge in [0.1, 0.15) is 18.0 Å². The molecule has 20 heavy (non-hydrogen) atoms. The largest absolute Gasteiger partial charge is 0.458 e. The van der Waals surface area contributed by atoms with Crippen molar-refractivity contribution in [2.75, 3.05) is 7.05 Å². The third kappa shape index (κ3) is 2.89. The highest BCUT2D eigenvalue weighted by atomic mass is 16.5. The van der Waals surface area contributed by atoms with Crippen molar-refractivity contribution >= 4 is 11.0 Å². The Labute approximate surface area is 120 Å². The Kier molecular flexibility index (Phi) is 4.38. The van der Waals surface area contributed by atoms with Crippen LogP contribution < -0.4 is 5.32 Å². The quantitative estimate of drug-likeness (QED) is 0.894. The molecule has 1 saturated carbocycles. The molecule has 0 spiro atoms. The van der Waals surface area contributed by atoms with Crippen LogP contribution in [0.1, 0.15) is 43.4 Å². The SMILES string of the molecule is CNCc1c(COC2CCCCC2)oc2ccccc12. The van der Waals surface area contributed by atoms with Crippen molar-refractivity contribution in [2.24, 2.45) is 0 Å². The molecule has 0 radical (unpaired) electrons. The van der Waals surface area contributed by atoms with Gasteiger partial charge in [0.05, 0.1) is 6.10 Å². The van der Waals surface area contributed by atoms with Gasteiger partial charge in [0.25, 0.3) is 0 Å². The monoisotopic (exact) mass is 273 g/mol. The molecule has 0 aliphatic heterocycles. The predicted octanol–water partition coefficient (Wildman–Crippen LogP) is 4.00. The van der Waals surface area contributed by atoms with E-state index in [-0.39, 0.29) is 0 Å². The highest BCUT2D eigenvalue weighted by Gasteiger charge is 2.17. The zero-order chi connectivity index (χ0) is 13.8. The summed E-state index contributed by atoms with van der Waals surface area (Å²) in [6.07, 6.45) is 6.76. The van der Waals surface area contributed by atoms with E-state index in [1.807, 2.05) is 19.2 Å². The average Bonchev–Trinajstić information content (AvgIpc) is 2.85. The Morgan fingerprint density at radius 3 is 2.80 bits per heavy atom. The number of rotatable bonds is 5. The molecule has 3 heteroatoms. The van der Waals surface area contributed by atoms with Gasteiger partial charge >= 0.3 is 0 Å². The van der Waals surface area contributed by atoms with Gasteiger partial charge in [-0.3, -0.25) is 0 Å². The number of ether oxygens (including phenoxy) is 1. The molecule has 0 amide bonds. The molecule has 1 aromatic heterocycles. The van der Waals surface area contributed by atoms with E-state index in [2.05, 4.69) is 17.4 Å². The van der Waals surface area contributed by atoms with Gasteiger partial charge in [0, 0.05) is 17.5 Å². The first-order valence-corrected chi connectivity index (χ1v) is 7.64. The summed E-state index contributed by atoms with van der Waals surface area (Å²) in [5.41, 5.74) is 2.19. The zero-order valence-electron chi connectivity index (χ0n) is 12.2. The van der Waals surface area contributed by atoms with Crippen LogP contribution in [0, 0.1) is 0 Å². The molecule has 2 aromatic rings. The summed E-state index contributed by atoms with van der Waals surface area (Å²) in [4.78, 5) is 0. The normalized spacial score (nSPS) is 16.9. The highest BCUT2D eigenvalue weighted by Crippen LogP contribution is 2.28. The lowest BCUT2D eigenvalue weighted by molar-refractivity contribution is 0.00888. The molecule has 3 rings (SSSR count). The van der Waals surface area contributed by atoms with Crippen LogP contribution in [0.25, 0.3) is 11.0 Å². The second kappa shape index (κ2) is 6.42. The number of furan rings is 1. The molecule has 0 saturated heterocycles. The fourth-order valence-corrected chi connectivity index (χ4v) is 3.06. The Morgan fingerprint density at radius 2 is 2.00 bits per heavy atom. The first kappa shape index (κ1) is 13.7. The first-order chi connectivity index (χ1) is 9.88. The maximum Gasteiger partial charge on any atom is 0.135 e. The average molecular weight is 273 g/mol. The minimum atomic E-state index is 0.416. The number of benzene rings is 1. The molecule has 1 aliphatic rings. The van der Waals surface area contributed by atoms with E-state index >= 15 is 0 Å². The lowest BCUT2D eigenvalue weighted by atomic mass is 9.98. The Morgan fingerprint density at radius 1 is 1.20 bits per heavy atom. The van der Waals surface area contributed by atoms with E-state index in [1.165, 1.54) is 43.1 Å². The van der Waals surface area contributed by atoms with E-state index < -0.39 is 0 Å². The van der Waals surface area contributed by atoms with Gasteiger partial charge < -0.3 is 14.5 Å². The van der Waals surface area contributed by atoms with Crippen molar-refractivity contribution in [2.45, 2.75) is 51.4 Å². The second-order valence-electron chi connectivity index (χ2n) is 5.60. The summed E-state index contributed by atoms with van der Waals surface area (Å²) in [5, 5.41) is 4.42. The minimum absolute atomic E-state index is 0.416. The molecule has 1 heterocycles. The van der Waals surface area contributed by atoms with Crippen molar-refractivity contribution in [3.63, 3.8) is 0 Å². The van der Waals surface area contributed by atoms with Crippen molar-refractivity contribution in [1.29, 1.82) is 0 Å². The Hall–Kier alpha value is -1.32. The molecule has 3 nitrogen and oxygen atoms in total. The van der Waals surface area contributed by atoms with E-state index in [0.29, 0.717) is 12.7 Å². The van der Waals surface area contributed by atoms with Gasteiger partial charge in [0.2, 0.25) is 0 Å². The first-order valence-electron chi connectivity index (χ1n) is 7.64. The molecular weight excluding hydrogens is 250 g/mol. The number of fused-ring (bicyclic) bond motifs is 1. The van der Waals surface area contributed by atoms with Gasteiger partial charge in [-0.05, 0) is 26.0 Å². The third-order valence-corrected chi connectivity index (χ3v) is 4.14. The molecular formula is C17H23NO2. The molecule has 0 unspecified atom stereocenters. The Bertz CT molecular complexity index is 555. The van der Waals surface area contributed by atoms with E-state index in [4.69, 9.17) is 9.15 Å². The third-order valence-electron chi connectivity index (χ3n) is 4.14. The number of hydrogen-bond acceptors (Lipinski definition) is 3. The molecule has 1 N–H and O–H groups in total. The fraction of sp³-hybridized carbons (Fsp3) is 0.529. The summed E-state index contributed by atoms with van der Waals surface area (Å²) >= 11 is 0. The molecule has 0 atom stereocenters. The van der Waals surface area contributed by atoms with Gasteiger partial charge in [-0.1, -0.05) is 37.5 Å². The summed E-state index contributed by atoms with van der Waals surface area (Å²) in [6.45, 7) is 1.41. The predicted molar refractivity (Wildman–Crippen MR) is 80.6 cm³/mol. The zero-order valence-corrected chi connectivity index (χ0v) is 12.2. The van der Waals surface area contributed by atoms with Crippen molar-refractivity contribution in [1.82, 2.24) is 5.32 Å². The summed E-state index contributed by atoms with van der Waals surface area (Å²) < 4.78 is 12.0.